The molecule has 0 unspecified atom stereocenters. The first-order valence-corrected chi connectivity index (χ1v) is 10.9. The minimum atomic E-state index is 0.649. The molecule has 3 aromatic carbocycles. The fraction of sp³-hybridized carbons (Fsp3) is 0.107. The Morgan fingerprint density at radius 3 is 2.42 bits per heavy atom. The van der Waals surface area contributed by atoms with E-state index >= 15 is 0 Å². The highest BCUT2D eigenvalue weighted by Crippen LogP contribution is 2.31. The van der Waals surface area contributed by atoms with Crippen LogP contribution in [0.5, 0.6) is 5.75 Å². The first-order valence-electron chi connectivity index (χ1n) is 10.9. The highest BCUT2D eigenvalue weighted by molar-refractivity contribution is 5.94. The van der Waals surface area contributed by atoms with Gasteiger partial charge < -0.3 is 10.1 Å². The molecule has 0 saturated carbocycles. The molecule has 1 N–H and O–H groups in total. The molecule has 5 aromatic rings. The van der Waals surface area contributed by atoms with E-state index in [1.807, 2.05) is 36.4 Å². The summed E-state index contributed by atoms with van der Waals surface area (Å²) in [5.41, 5.74) is 6.36. The summed E-state index contributed by atoms with van der Waals surface area (Å²) in [7, 11) is 1.68. The minimum Gasteiger partial charge on any atom is -0.497 e. The number of fused-ring (bicyclic) bond motifs is 1. The van der Waals surface area contributed by atoms with E-state index in [0.717, 1.165) is 39.2 Å². The molecule has 0 amide bonds. The maximum atomic E-state index is 5.41. The van der Waals surface area contributed by atoms with Crippen molar-refractivity contribution >= 4 is 16.7 Å². The molecule has 5 heteroatoms. The Labute approximate surface area is 193 Å². The van der Waals surface area contributed by atoms with E-state index in [9.17, 15) is 0 Å². The third-order valence-electron chi connectivity index (χ3n) is 5.60. The van der Waals surface area contributed by atoms with Crippen LogP contribution < -0.4 is 10.1 Å². The smallest absolute Gasteiger partial charge is 0.163 e. The SMILES string of the molecule is COc1cccc(-c2ccc3nc(-c4cccnc4)nc(NCc4ccc(C)cc4)c3c2)c1. The zero-order valence-electron chi connectivity index (χ0n) is 18.6. The summed E-state index contributed by atoms with van der Waals surface area (Å²) in [5, 5.41) is 4.51. The lowest BCUT2D eigenvalue weighted by Gasteiger charge is -2.13. The van der Waals surface area contributed by atoms with E-state index in [-0.39, 0.29) is 0 Å². The number of hydrogen-bond acceptors (Lipinski definition) is 5. The summed E-state index contributed by atoms with van der Waals surface area (Å²) in [6.07, 6.45) is 3.54. The molecule has 33 heavy (non-hydrogen) atoms. The first kappa shape index (κ1) is 20.6. The Kier molecular flexibility index (Phi) is 5.68. The fourth-order valence-electron chi connectivity index (χ4n) is 3.76. The molecule has 0 aliphatic rings. The monoisotopic (exact) mass is 432 g/mol. The fourth-order valence-corrected chi connectivity index (χ4v) is 3.76. The molecular formula is C28H24N4O. The molecule has 0 aliphatic carbocycles. The van der Waals surface area contributed by atoms with Crippen molar-refractivity contribution in [1.82, 2.24) is 15.0 Å². The van der Waals surface area contributed by atoms with Gasteiger partial charge in [0, 0.05) is 29.9 Å². The molecule has 5 rings (SSSR count). The maximum absolute atomic E-state index is 5.41. The van der Waals surface area contributed by atoms with Gasteiger partial charge in [0.2, 0.25) is 0 Å². The van der Waals surface area contributed by atoms with Crippen LogP contribution in [0.2, 0.25) is 0 Å². The molecule has 2 heterocycles. The average Bonchev–Trinajstić information content (AvgIpc) is 2.88. The number of ether oxygens (including phenoxy) is 1. The van der Waals surface area contributed by atoms with Crippen molar-refractivity contribution in [3.63, 3.8) is 0 Å². The van der Waals surface area contributed by atoms with E-state index in [2.05, 4.69) is 59.7 Å². The number of aryl methyl sites for hydroxylation is 1. The lowest BCUT2D eigenvalue weighted by molar-refractivity contribution is 0.415. The van der Waals surface area contributed by atoms with Crippen LogP contribution in [0.3, 0.4) is 0 Å². The van der Waals surface area contributed by atoms with Crippen molar-refractivity contribution in [1.29, 1.82) is 0 Å². The van der Waals surface area contributed by atoms with E-state index in [1.165, 1.54) is 11.1 Å². The first-order chi connectivity index (χ1) is 16.2. The van der Waals surface area contributed by atoms with Gasteiger partial charge in [-0.05, 0) is 60.0 Å². The predicted molar refractivity (Wildman–Crippen MR) is 133 cm³/mol. The topological polar surface area (TPSA) is 59.9 Å². The van der Waals surface area contributed by atoms with Gasteiger partial charge in [-0.3, -0.25) is 4.98 Å². The highest BCUT2D eigenvalue weighted by atomic mass is 16.5. The van der Waals surface area contributed by atoms with Gasteiger partial charge >= 0.3 is 0 Å². The third-order valence-corrected chi connectivity index (χ3v) is 5.60. The Hall–Kier alpha value is -4.25. The van der Waals surface area contributed by atoms with Crippen LogP contribution in [0, 0.1) is 6.92 Å². The summed E-state index contributed by atoms with van der Waals surface area (Å²) >= 11 is 0. The molecule has 0 radical (unpaired) electrons. The number of anilines is 1. The van der Waals surface area contributed by atoms with E-state index in [0.29, 0.717) is 12.4 Å². The molecule has 2 aromatic heterocycles. The number of pyridine rings is 1. The third kappa shape index (κ3) is 4.53. The van der Waals surface area contributed by atoms with Crippen LogP contribution in [0.4, 0.5) is 5.82 Å². The largest absolute Gasteiger partial charge is 0.497 e. The van der Waals surface area contributed by atoms with Gasteiger partial charge in [0.1, 0.15) is 11.6 Å². The van der Waals surface area contributed by atoms with Crippen LogP contribution >= 0.6 is 0 Å². The van der Waals surface area contributed by atoms with Crippen LogP contribution in [-0.4, -0.2) is 22.1 Å². The second kappa shape index (κ2) is 9.09. The lowest BCUT2D eigenvalue weighted by Crippen LogP contribution is -2.04. The van der Waals surface area contributed by atoms with Gasteiger partial charge in [0.05, 0.1) is 12.6 Å². The number of nitrogens with zero attached hydrogens (tertiary/aromatic N) is 3. The van der Waals surface area contributed by atoms with Crippen LogP contribution in [0.1, 0.15) is 11.1 Å². The zero-order valence-corrected chi connectivity index (χ0v) is 18.6. The quantitative estimate of drug-likeness (QED) is 0.342. The molecule has 0 bridgehead atoms. The standard InChI is InChI=1S/C28H24N4O/c1-19-8-10-20(11-9-19)17-30-28-25-16-22(21-5-3-7-24(15-21)33-2)12-13-26(25)31-27(32-28)23-6-4-14-29-18-23/h3-16,18H,17H2,1-2H3,(H,30,31,32). The number of nitrogens with one attached hydrogen (secondary N) is 1. The maximum Gasteiger partial charge on any atom is 0.163 e. The Morgan fingerprint density at radius 2 is 1.64 bits per heavy atom. The highest BCUT2D eigenvalue weighted by Gasteiger charge is 2.12. The Morgan fingerprint density at radius 1 is 0.818 bits per heavy atom. The number of methoxy groups -OCH3 is 1. The summed E-state index contributed by atoms with van der Waals surface area (Å²) in [6, 6.07) is 26.7. The molecule has 0 aliphatic heterocycles. The Balaban J connectivity index is 1.59. The summed E-state index contributed by atoms with van der Waals surface area (Å²) in [4.78, 5) is 13.9. The van der Waals surface area contributed by atoms with Gasteiger partial charge in [-0.2, -0.15) is 0 Å². The van der Waals surface area contributed by atoms with E-state index < -0.39 is 0 Å². The summed E-state index contributed by atoms with van der Waals surface area (Å²) in [6.45, 7) is 2.76. The van der Waals surface area contributed by atoms with Crippen molar-refractivity contribution < 1.29 is 4.74 Å². The van der Waals surface area contributed by atoms with E-state index in [4.69, 9.17) is 14.7 Å². The normalized spacial score (nSPS) is 10.8. The van der Waals surface area contributed by atoms with Crippen molar-refractivity contribution in [2.24, 2.45) is 0 Å². The Bertz CT molecular complexity index is 1400. The molecule has 0 atom stereocenters. The number of benzene rings is 3. The van der Waals surface area contributed by atoms with Crippen molar-refractivity contribution in [2.45, 2.75) is 13.5 Å². The van der Waals surface area contributed by atoms with Crippen LogP contribution in [-0.2, 0) is 6.54 Å². The molecule has 5 nitrogen and oxygen atoms in total. The number of rotatable bonds is 6. The summed E-state index contributed by atoms with van der Waals surface area (Å²) in [5.74, 6) is 2.27. The number of aromatic nitrogens is 3. The van der Waals surface area contributed by atoms with Crippen molar-refractivity contribution in [3.8, 4) is 28.3 Å². The molecule has 0 spiro atoms. The van der Waals surface area contributed by atoms with Crippen molar-refractivity contribution in [3.05, 3.63) is 102 Å². The molecule has 0 fully saturated rings. The van der Waals surface area contributed by atoms with E-state index in [1.54, 1.807) is 19.5 Å². The summed E-state index contributed by atoms with van der Waals surface area (Å²) < 4.78 is 5.41. The second-order valence-electron chi connectivity index (χ2n) is 7.94. The number of hydrogen-bond donors (Lipinski definition) is 1. The van der Waals surface area contributed by atoms with Crippen LogP contribution in [0.15, 0.2) is 91.3 Å². The van der Waals surface area contributed by atoms with Crippen molar-refractivity contribution in [2.75, 3.05) is 12.4 Å². The average molecular weight is 433 g/mol. The zero-order chi connectivity index (χ0) is 22.6. The van der Waals surface area contributed by atoms with Crippen LogP contribution in [0.25, 0.3) is 33.4 Å². The molecule has 162 valence electrons. The lowest BCUT2D eigenvalue weighted by atomic mass is 10.0. The van der Waals surface area contributed by atoms with Gasteiger partial charge in [-0.1, -0.05) is 48.0 Å². The van der Waals surface area contributed by atoms with Gasteiger partial charge in [0.15, 0.2) is 5.82 Å². The van der Waals surface area contributed by atoms with Gasteiger partial charge in [-0.15, -0.1) is 0 Å². The predicted octanol–water partition coefficient (Wildman–Crippen LogP) is 6.29. The van der Waals surface area contributed by atoms with Gasteiger partial charge in [0.25, 0.3) is 0 Å². The van der Waals surface area contributed by atoms with Gasteiger partial charge in [-0.25, -0.2) is 9.97 Å². The molecule has 0 saturated heterocycles. The second-order valence-corrected chi connectivity index (χ2v) is 7.94. The molecular weight excluding hydrogens is 408 g/mol. The minimum absolute atomic E-state index is 0.649.